The topological polar surface area (TPSA) is 132 Å². The van der Waals surface area contributed by atoms with E-state index in [0.29, 0.717) is 40.9 Å². The number of benzene rings is 1. The van der Waals surface area contributed by atoms with Crippen LogP contribution in [-0.4, -0.2) is 66.3 Å². The third-order valence-electron chi connectivity index (χ3n) is 5.97. The van der Waals surface area contributed by atoms with Crippen LogP contribution < -0.4 is 5.73 Å². The number of nitrogens with two attached hydrogens (primary N) is 1. The molecule has 3 atom stereocenters. The fourth-order valence-electron chi connectivity index (χ4n) is 4.05. The standard InChI is InChI=1S/C14H22N6O3S.C9H8F2/c1-2-5-24-14-16-12(15)11-13(17-14)20(19-18-11)8-6-9(22)10(7-8)23-4-3-21;10-8-4-3-7(5-9(8)11)6-1-2-6/h8-10,21-22H,2-7H2,1H3,(H2,15,16,17);3-6H,1-2H2/t8?,9-,10?;/m0./s1. The maximum Gasteiger partial charge on any atom is 0.191 e. The zero-order valence-electron chi connectivity index (χ0n) is 19.5. The molecule has 2 saturated carbocycles. The molecule has 5 rings (SSSR count). The maximum absolute atomic E-state index is 12.6. The van der Waals surface area contributed by atoms with Crippen molar-refractivity contribution in [1.29, 1.82) is 0 Å². The van der Waals surface area contributed by atoms with Crippen molar-refractivity contribution in [2.45, 2.75) is 68.4 Å². The predicted octanol–water partition coefficient (Wildman–Crippen LogP) is 3.22. The molecule has 9 nitrogen and oxygen atoms in total. The van der Waals surface area contributed by atoms with E-state index in [1.165, 1.54) is 12.1 Å². The Hall–Kier alpha value is -2.41. The van der Waals surface area contributed by atoms with Gasteiger partial charge < -0.3 is 20.7 Å². The van der Waals surface area contributed by atoms with Gasteiger partial charge in [0.15, 0.2) is 33.8 Å². The van der Waals surface area contributed by atoms with Crippen molar-refractivity contribution < 1.29 is 23.7 Å². The minimum absolute atomic E-state index is 0.0675. The minimum atomic E-state index is -0.755. The zero-order chi connectivity index (χ0) is 24.9. The molecule has 0 bridgehead atoms. The summed E-state index contributed by atoms with van der Waals surface area (Å²) in [5.41, 5.74) is 7.97. The summed E-state index contributed by atoms with van der Waals surface area (Å²) in [6.45, 7) is 2.23. The molecular formula is C23H30F2N6O3S. The largest absolute Gasteiger partial charge is 0.394 e. The first kappa shape index (κ1) is 25.7. The van der Waals surface area contributed by atoms with E-state index in [2.05, 4.69) is 27.2 Å². The van der Waals surface area contributed by atoms with Crippen molar-refractivity contribution in [3.8, 4) is 0 Å². The molecule has 2 aromatic heterocycles. The van der Waals surface area contributed by atoms with E-state index in [1.807, 2.05) is 0 Å². The molecule has 4 N–H and O–H groups in total. The van der Waals surface area contributed by atoms with Gasteiger partial charge in [-0.1, -0.05) is 30.0 Å². The molecule has 0 saturated heterocycles. The second-order valence-corrected chi connectivity index (χ2v) is 9.78. The van der Waals surface area contributed by atoms with Crippen LogP contribution in [0.3, 0.4) is 0 Å². The molecule has 0 aliphatic heterocycles. The summed E-state index contributed by atoms with van der Waals surface area (Å²) in [5.74, 6) is 0.233. The summed E-state index contributed by atoms with van der Waals surface area (Å²) < 4.78 is 32.2. The summed E-state index contributed by atoms with van der Waals surface area (Å²) in [4.78, 5) is 8.80. The van der Waals surface area contributed by atoms with Crippen LogP contribution in [0, 0.1) is 11.6 Å². The van der Waals surface area contributed by atoms with E-state index in [-0.39, 0.29) is 25.4 Å². The Kier molecular flexibility index (Phi) is 8.47. The van der Waals surface area contributed by atoms with Gasteiger partial charge in [-0.3, -0.25) is 0 Å². The van der Waals surface area contributed by atoms with Crippen LogP contribution in [0.25, 0.3) is 11.2 Å². The SMILES string of the molecule is CCCSc1nc(N)c2nnn(C3CC(OCCO)[C@@H](O)C3)c2n1.Fc1ccc(C2CC2)cc1F. The summed E-state index contributed by atoms with van der Waals surface area (Å²) in [6, 6.07) is 4.08. The molecule has 3 aromatic rings. The number of fused-ring (bicyclic) bond motifs is 1. The van der Waals surface area contributed by atoms with Crippen LogP contribution in [0.1, 0.15) is 56.6 Å². The number of halogens is 2. The highest BCUT2D eigenvalue weighted by molar-refractivity contribution is 7.99. The van der Waals surface area contributed by atoms with Crippen LogP contribution in [0.5, 0.6) is 0 Å². The van der Waals surface area contributed by atoms with Crippen molar-refractivity contribution in [2.24, 2.45) is 0 Å². The summed E-state index contributed by atoms with van der Waals surface area (Å²) in [7, 11) is 0. The van der Waals surface area contributed by atoms with Gasteiger partial charge >= 0.3 is 0 Å². The summed E-state index contributed by atoms with van der Waals surface area (Å²) in [5, 5.41) is 27.9. The molecule has 0 radical (unpaired) electrons. The Morgan fingerprint density at radius 2 is 2.00 bits per heavy atom. The highest BCUT2D eigenvalue weighted by Gasteiger charge is 2.36. The lowest BCUT2D eigenvalue weighted by Crippen LogP contribution is -2.23. The molecule has 2 aliphatic carbocycles. The van der Waals surface area contributed by atoms with Gasteiger partial charge in [-0.2, -0.15) is 0 Å². The minimum Gasteiger partial charge on any atom is -0.394 e. The number of aliphatic hydroxyl groups is 2. The lowest BCUT2D eigenvalue weighted by Gasteiger charge is -2.14. The van der Waals surface area contributed by atoms with Crippen molar-refractivity contribution in [3.05, 3.63) is 35.4 Å². The Bertz CT molecular complexity index is 1150. The van der Waals surface area contributed by atoms with Crippen LogP contribution in [0.15, 0.2) is 23.4 Å². The third-order valence-corrected chi connectivity index (χ3v) is 7.03. The lowest BCUT2D eigenvalue weighted by atomic mass is 10.1. The van der Waals surface area contributed by atoms with Crippen LogP contribution in [0.2, 0.25) is 0 Å². The molecule has 0 spiro atoms. The molecule has 0 amide bonds. The molecule has 35 heavy (non-hydrogen) atoms. The second kappa shape index (κ2) is 11.5. The van der Waals surface area contributed by atoms with Gasteiger partial charge in [-0.05, 0) is 55.7 Å². The van der Waals surface area contributed by atoms with Crippen LogP contribution in [0.4, 0.5) is 14.6 Å². The van der Waals surface area contributed by atoms with Crippen molar-refractivity contribution in [3.63, 3.8) is 0 Å². The molecule has 2 aliphatic rings. The Morgan fingerprint density at radius 3 is 2.69 bits per heavy atom. The average molecular weight is 509 g/mol. The first-order valence-corrected chi connectivity index (χ1v) is 12.8. The number of nitrogen functional groups attached to an aromatic ring is 1. The van der Waals surface area contributed by atoms with Gasteiger partial charge in [-0.25, -0.2) is 23.4 Å². The molecule has 12 heteroatoms. The molecule has 190 valence electrons. The summed E-state index contributed by atoms with van der Waals surface area (Å²) in [6.07, 6.45) is 3.40. The van der Waals surface area contributed by atoms with Gasteiger partial charge in [0.25, 0.3) is 0 Å². The number of hydrogen-bond donors (Lipinski definition) is 3. The van der Waals surface area contributed by atoms with Crippen molar-refractivity contribution in [2.75, 3.05) is 24.7 Å². The number of thioether (sulfide) groups is 1. The van der Waals surface area contributed by atoms with E-state index in [0.717, 1.165) is 30.6 Å². The average Bonchev–Trinajstić information content (AvgIpc) is 3.50. The monoisotopic (exact) mass is 508 g/mol. The number of aromatic nitrogens is 5. The highest BCUT2D eigenvalue weighted by atomic mass is 32.2. The Morgan fingerprint density at radius 1 is 1.20 bits per heavy atom. The van der Waals surface area contributed by atoms with E-state index < -0.39 is 17.7 Å². The molecule has 2 fully saturated rings. The van der Waals surface area contributed by atoms with Gasteiger partial charge in [-0.15, -0.1) is 5.10 Å². The molecule has 2 heterocycles. The zero-order valence-corrected chi connectivity index (χ0v) is 20.3. The maximum atomic E-state index is 12.6. The number of hydrogen-bond acceptors (Lipinski definition) is 9. The number of anilines is 1. The van der Waals surface area contributed by atoms with Gasteiger partial charge in [0.05, 0.1) is 31.5 Å². The van der Waals surface area contributed by atoms with Crippen molar-refractivity contribution in [1.82, 2.24) is 25.0 Å². The Balaban J connectivity index is 0.000000218. The van der Waals surface area contributed by atoms with Crippen LogP contribution in [-0.2, 0) is 4.74 Å². The van der Waals surface area contributed by atoms with Gasteiger partial charge in [0.1, 0.15) is 0 Å². The summed E-state index contributed by atoms with van der Waals surface area (Å²) >= 11 is 1.54. The van der Waals surface area contributed by atoms with Gasteiger partial charge in [0.2, 0.25) is 0 Å². The molecule has 2 unspecified atom stereocenters. The van der Waals surface area contributed by atoms with E-state index in [4.69, 9.17) is 15.6 Å². The fraction of sp³-hybridized carbons (Fsp3) is 0.565. The number of nitrogens with zero attached hydrogens (tertiary/aromatic N) is 5. The second-order valence-electron chi connectivity index (χ2n) is 8.72. The van der Waals surface area contributed by atoms with E-state index in [1.54, 1.807) is 22.5 Å². The van der Waals surface area contributed by atoms with Crippen molar-refractivity contribution >= 4 is 28.7 Å². The quantitative estimate of drug-likeness (QED) is 0.310. The smallest absolute Gasteiger partial charge is 0.191 e. The van der Waals surface area contributed by atoms with Crippen LogP contribution >= 0.6 is 11.8 Å². The number of aliphatic hydroxyl groups excluding tert-OH is 2. The van der Waals surface area contributed by atoms with Gasteiger partial charge in [0, 0.05) is 5.75 Å². The first-order chi connectivity index (χ1) is 16.9. The highest BCUT2D eigenvalue weighted by Crippen LogP contribution is 2.40. The fourth-order valence-corrected chi connectivity index (χ4v) is 4.75. The molecular weight excluding hydrogens is 478 g/mol. The number of rotatable bonds is 8. The third kappa shape index (κ3) is 6.24. The predicted molar refractivity (Wildman–Crippen MR) is 128 cm³/mol. The Labute approximate surface area is 206 Å². The van der Waals surface area contributed by atoms with E-state index >= 15 is 0 Å². The van der Waals surface area contributed by atoms with E-state index in [9.17, 15) is 13.9 Å². The lowest BCUT2D eigenvalue weighted by molar-refractivity contribution is -0.0303. The first-order valence-electron chi connectivity index (χ1n) is 11.8. The normalized spacial score (nSPS) is 21.8. The number of ether oxygens (including phenoxy) is 1. The molecule has 1 aromatic carbocycles.